The number of carbonyl (C=O) groups excluding carboxylic acids is 1. The number of nitrogens with one attached hydrogen (secondary N) is 2. The standard InChI is InChI=1S/C20H21N5O2/c1-13-22-18(11-19(26)23-13)16-3-2-10-25(12-16)20(27)15-6-4-14(5-7-15)17-8-9-21-24-17/h4-9,11,16H,2-3,10,12H2,1H3,(H,21,24)(H,22,23,26)/t16-/m1/s1. The molecule has 0 bridgehead atoms. The fourth-order valence-corrected chi connectivity index (χ4v) is 3.61. The van der Waals surface area contributed by atoms with Crippen LogP contribution in [0.3, 0.4) is 0 Å². The first kappa shape index (κ1) is 17.2. The Morgan fingerprint density at radius 3 is 2.74 bits per heavy atom. The van der Waals surface area contributed by atoms with E-state index < -0.39 is 0 Å². The van der Waals surface area contributed by atoms with Crippen LogP contribution >= 0.6 is 0 Å². The van der Waals surface area contributed by atoms with Crippen LogP contribution in [0, 0.1) is 6.92 Å². The number of aromatic nitrogens is 4. The zero-order valence-corrected chi connectivity index (χ0v) is 15.1. The molecule has 4 rings (SSSR count). The van der Waals surface area contributed by atoms with Crippen LogP contribution in [-0.2, 0) is 0 Å². The number of likely N-dealkylation sites (tertiary alicyclic amines) is 1. The van der Waals surface area contributed by atoms with Crippen LogP contribution in [0.4, 0.5) is 0 Å². The van der Waals surface area contributed by atoms with Gasteiger partial charge in [0.2, 0.25) is 0 Å². The summed E-state index contributed by atoms with van der Waals surface area (Å²) in [7, 11) is 0. The molecule has 138 valence electrons. The highest BCUT2D eigenvalue weighted by Gasteiger charge is 2.26. The number of rotatable bonds is 3. The van der Waals surface area contributed by atoms with Gasteiger partial charge in [-0.1, -0.05) is 12.1 Å². The molecule has 7 nitrogen and oxygen atoms in total. The lowest BCUT2D eigenvalue weighted by molar-refractivity contribution is 0.0706. The molecule has 0 aliphatic carbocycles. The Morgan fingerprint density at radius 2 is 2.04 bits per heavy atom. The van der Waals surface area contributed by atoms with Crippen molar-refractivity contribution in [2.24, 2.45) is 0 Å². The van der Waals surface area contributed by atoms with Gasteiger partial charge in [0.1, 0.15) is 5.82 Å². The Hall–Kier alpha value is -3.22. The summed E-state index contributed by atoms with van der Waals surface area (Å²) in [5.74, 6) is 0.709. The summed E-state index contributed by atoms with van der Waals surface area (Å²) in [6, 6.07) is 11.0. The van der Waals surface area contributed by atoms with E-state index in [0.29, 0.717) is 17.9 Å². The molecule has 1 amide bonds. The summed E-state index contributed by atoms with van der Waals surface area (Å²) < 4.78 is 0. The van der Waals surface area contributed by atoms with Crippen molar-refractivity contribution in [2.75, 3.05) is 13.1 Å². The summed E-state index contributed by atoms with van der Waals surface area (Å²) >= 11 is 0. The van der Waals surface area contributed by atoms with Crippen LogP contribution in [0.2, 0.25) is 0 Å². The third-order valence-electron chi connectivity index (χ3n) is 4.95. The van der Waals surface area contributed by atoms with Crippen molar-refractivity contribution in [2.45, 2.75) is 25.7 Å². The van der Waals surface area contributed by atoms with E-state index in [2.05, 4.69) is 20.2 Å². The van der Waals surface area contributed by atoms with E-state index in [1.165, 1.54) is 0 Å². The van der Waals surface area contributed by atoms with E-state index in [-0.39, 0.29) is 17.4 Å². The largest absolute Gasteiger partial charge is 0.338 e. The van der Waals surface area contributed by atoms with Crippen molar-refractivity contribution >= 4 is 5.91 Å². The van der Waals surface area contributed by atoms with Gasteiger partial charge in [-0.05, 0) is 43.5 Å². The van der Waals surface area contributed by atoms with Crippen molar-refractivity contribution in [3.05, 3.63) is 70.0 Å². The van der Waals surface area contributed by atoms with Crippen molar-refractivity contribution in [1.29, 1.82) is 0 Å². The van der Waals surface area contributed by atoms with Gasteiger partial charge in [0.25, 0.3) is 11.5 Å². The third kappa shape index (κ3) is 3.67. The van der Waals surface area contributed by atoms with Crippen LogP contribution in [0.5, 0.6) is 0 Å². The predicted octanol–water partition coefficient (Wildman–Crippen LogP) is 2.49. The number of aryl methyl sites for hydroxylation is 1. The lowest BCUT2D eigenvalue weighted by Gasteiger charge is -2.32. The highest BCUT2D eigenvalue weighted by molar-refractivity contribution is 5.94. The quantitative estimate of drug-likeness (QED) is 0.747. The topological polar surface area (TPSA) is 94.7 Å². The van der Waals surface area contributed by atoms with Crippen LogP contribution < -0.4 is 5.56 Å². The van der Waals surface area contributed by atoms with Gasteiger partial charge in [-0.2, -0.15) is 5.10 Å². The average molecular weight is 363 g/mol. The minimum Gasteiger partial charge on any atom is -0.338 e. The van der Waals surface area contributed by atoms with E-state index in [9.17, 15) is 9.59 Å². The smallest absolute Gasteiger partial charge is 0.253 e. The second kappa shape index (κ2) is 7.19. The molecule has 0 saturated carbocycles. The highest BCUT2D eigenvalue weighted by atomic mass is 16.2. The van der Waals surface area contributed by atoms with Crippen molar-refractivity contribution in [3.63, 3.8) is 0 Å². The molecular weight excluding hydrogens is 342 g/mol. The summed E-state index contributed by atoms with van der Waals surface area (Å²) in [4.78, 5) is 33.7. The first-order valence-electron chi connectivity index (χ1n) is 9.07. The van der Waals surface area contributed by atoms with Gasteiger partial charge >= 0.3 is 0 Å². The number of aromatic amines is 2. The van der Waals surface area contributed by atoms with Crippen LogP contribution in [0.25, 0.3) is 11.3 Å². The van der Waals surface area contributed by atoms with E-state index in [4.69, 9.17) is 0 Å². The molecule has 1 aromatic carbocycles. The third-order valence-corrected chi connectivity index (χ3v) is 4.95. The number of nitrogens with zero attached hydrogens (tertiary/aromatic N) is 3. The molecule has 2 aromatic heterocycles. The van der Waals surface area contributed by atoms with Gasteiger partial charge in [0.15, 0.2) is 0 Å². The molecule has 1 saturated heterocycles. The molecule has 27 heavy (non-hydrogen) atoms. The predicted molar refractivity (Wildman–Crippen MR) is 101 cm³/mol. The summed E-state index contributed by atoms with van der Waals surface area (Å²) in [5.41, 5.74) is 3.19. The van der Waals surface area contributed by atoms with E-state index in [1.807, 2.05) is 35.2 Å². The molecule has 0 radical (unpaired) electrons. The normalized spacial score (nSPS) is 17.1. The molecule has 2 N–H and O–H groups in total. The molecule has 1 atom stereocenters. The monoisotopic (exact) mass is 363 g/mol. The first-order chi connectivity index (χ1) is 13.1. The summed E-state index contributed by atoms with van der Waals surface area (Å²) in [6.45, 7) is 3.08. The average Bonchev–Trinajstić information content (AvgIpc) is 3.22. The van der Waals surface area contributed by atoms with Gasteiger partial charge in [-0.3, -0.25) is 14.7 Å². The first-order valence-corrected chi connectivity index (χ1v) is 9.07. The summed E-state index contributed by atoms with van der Waals surface area (Å²) in [5, 5.41) is 6.87. The molecule has 1 fully saturated rings. The van der Waals surface area contributed by atoms with Crippen molar-refractivity contribution in [1.82, 2.24) is 25.1 Å². The van der Waals surface area contributed by atoms with Gasteiger partial charge in [-0.25, -0.2) is 4.98 Å². The number of piperidine rings is 1. The van der Waals surface area contributed by atoms with E-state index in [0.717, 1.165) is 36.3 Å². The number of hydrogen-bond acceptors (Lipinski definition) is 4. The molecule has 3 aromatic rings. The number of carbonyl (C=O) groups is 1. The minimum atomic E-state index is -0.143. The maximum absolute atomic E-state index is 12.9. The molecule has 1 aliphatic rings. The molecule has 0 unspecified atom stereocenters. The van der Waals surface area contributed by atoms with Gasteiger partial charge < -0.3 is 9.88 Å². The van der Waals surface area contributed by atoms with Gasteiger partial charge in [-0.15, -0.1) is 0 Å². The lowest BCUT2D eigenvalue weighted by atomic mass is 9.94. The Labute approximate surface area is 156 Å². The van der Waals surface area contributed by atoms with Gasteiger partial charge in [0, 0.05) is 36.8 Å². The van der Waals surface area contributed by atoms with Crippen molar-refractivity contribution in [3.8, 4) is 11.3 Å². The lowest BCUT2D eigenvalue weighted by Crippen LogP contribution is -2.39. The Morgan fingerprint density at radius 1 is 1.22 bits per heavy atom. The van der Waals surface area contributed by atoms with Crippen LogP contribution in [0.1, 0.15) is 40.6 Å². The second-order valence-corrected chi connectivity index (χ2v) is 6.89. The molecule has 1 aliphatic heterocycles. The molecule has 7 heteroatoms. The van der Waals surface area contributed by atoms with E-state index >= 15 is 0 Å². The zero-order chi connectivity index (χ0) is 18.8. The maximum atomic E-state index is 12.9. The van der Waals surface area contributed by atoms with Crippen molar-refractivity contribution < 1.29 is 4.79 Å². The SMILES string of the molecule is Cc1nc([C@@H]2CCCN(C(=O)c3ccc(-c4ccn[nH]4)cc3)C2)cc(=O)[nH]1. The zero-order valence-electron chi connectivity index (χ0n) is 15.1. The fraction of sp³-hybridized carbons (Fsp3) is 0.300. The Balaban J connectivity index is 1.50. The second-order valence-electron chi connectivity index (χ2n) is 6.89. The van der Waals surface area contributed by atoms with Crippen LogP contribution in [0.15, 0.2) is 47.4 Å². The number of H-pyrrole nitrogens is 2. The molecule has 3 heterocycles. The molecule has 0 spiro atoms. The van der Waals surface area contributed by atoms with Crippen LogP contribution in [-0.4, -0.2) is 44.1 Å². The number of hydrogen-bond donors (Lipinski definition) is 2. The summed E-state index contributed by atoms with van der Waals surface area (Å²) in [6.07, 6.45) is 3.53. The number of amides is 1. The fourth-order valence-electron chi connectivity index (χ4n) is 3.61. The number of benzene rings is 1. The Bertz CT molecular complexity index is 992. The van der Waals surface area contributed by atoms with Gasteiger partial charge in [0.05, 0.1) is 11.4 Å². The van der Waals surface area contributed by atoms with E-state index in [1.54, 1.807) is 19.2 Å². The molecular formula is C20H21N5O2. The minimum absolute atomic E-state index is 0.0115. The highest BCUT2D eigenvalue weighted by Crippen LogP contribution is 2.26. The Kier molecular flexibility index (Phi) is 4.58. The maximum Gasteiger partial charge on any atom is 0.253 e.